The molecule has 4 N–H and O–H groups in total. The van der Waals surface area contributed by atoms with Crippen molar-refractivity contribution in [2.24, 2.45) is 5.92 Å². The molecule has 2 aromatic carbocycles. The number of carboxylic acids is 1. The Labute approximate surface area is 203 Å². The predicted octanol–water partition coefficient (Wildman–Crippen LogP) is 2.40. The Balaban J connectivity index is 1.20. The van der Waals surface area contributed by atoms with Gasteiger partial charge in [0.05, 0.1) is 6.54 Å². The SMILES string of the molecule is O=C(O)CNC(=O)CNC(=O)C1CCC(NC(=O)OCC2c3ccccc3-c3ccccc32)CC1. The first-order valence-electron chi connectivity index (χ1n) is 11.8. The van der Waals surface area contributed by atoms with E-state index in [1.165, 1.54) is 11.1 Å². The van der Waals surface area contributed by atoms with E-state index in [1.54, 1.807) is 0 Å². The summed E-state index contributed by atoms with van der Waals surface area (Å²) in [6, 6.07) is 16.3. The van der Waals surface area contributed by atoms with Crippen LogP contribution in [-0.2, 0) is 19.1 Å². The van der Waals surface area contributed by atoms with Crippen molar-refractivity contribution in [3.63, 3.8) is 0 Å². The smallest absolute Gasteiger partial charge is 0.407 e. The lowest BCUT2D eigenvalue weighted by molar-refractivity contribution is -0.137. The second-order valence-corrected chi connectivity index (χ2v) is 8.91. The number of rotatable bonds is 8. The third kappa shape index (κ3) is 5.98. The van der Waals surface area contributed by atoms with Crippen LogP contribution in [0.5, 0.6) is 0 Å². The summed E-state index contributed by atoms with van der Waals surface area (Å²) in [6.45, 7) is -0.493. The van der Waals surface area contributed by atoms with Crippen LogP contribution in [-0.4, -0.2) is 54.7 Å². The van der Waals surface area contributed by atoms with Crippen molar-refractivity contribution in [1.82, 2.24) is 16.0 Å². The fourth-order valence-corrected chi connectivity index (χ4v) is 4.86. The first-order valence-corrected chi connectivity index (χ1v) is 11.8. The van der Waals surface area contributed by atoms with Crippen LogP contribution in [0.1, 0.15) is 42.7 Å². The summed E-state index contributed by atoms with van der Waals surface area (Å²) in [5.41, 5.74) is 4.66. The second kappa shape index (κ2) is 11.0. The summed E-state index contributed by atoms with van der Waals surface area (Å²) in [6.07, 6.45) is 1.96. The highest BCUT2D eigenvalue weighted by atomic mass is 16.5. The van der Waals surface area contributed by atoms with Crippen molar-refractivity contribution in [2.75, 3.05) is 19.7 Å². The Kier molecular flexibility index (Phi) is 7.64. The Morgan fingerprint density at radius 2 is 1.43 bits per heavy atom. The predicted molar refractivity (Wildman–Crippen MR) is 128 cm³/mol. The largest absolute Gasteiger partial charge is 0.480 e. The van der Waals surface area contributed by atoms with Gasteiger partial charge in [0, 0.05) is 17.9 Å². The molecule has 0 spiro atoms. The summed E-state index contributed by atoms with van der Waals surface area (Å²) < 4.78 is 5.61. The highest BCUT2D eigenvalue weighted by molar-refractivity contribution is 5.87. The van der Waals surface area contributed by atoms with Crippen molar-refractivity contribution in [3.8, 4) is 11.1 Å². The number of aliphatic carboxylic acids is 1. The first kappa shape index (κ1) is 24.3. The molecule has 184 valence electrons. The minimum absolute atomic E-state index is 0.000260. The zero-order valence-corrected chi connectivity index (χ0v) is 19.3. The van der Waals surface area contributed by atoms with Gasteiger partial charge in [-0.25, -0.2) is 4.79 Å². The molecule has 1 saturated carbocycles. The molecular formula is C26H29N3O6. The van der Waals surface area contributed by atoms with Gasteiger partial charge in [-0.3, -0.25) is 14.4 Å². The molecule has 2 aromatic rings. The third-order valence-corrected chi connectivity index (χ3v) is 6.62. The van der Waals surface area contributed by atoms with Crippen LogP contribution in [0.4, 0.5) is 4.79 Å². The van der Waals surface area contributed by atoms with Crippen molar-refractivity contribution >= 4 is 23.9 Å². The zero-order valence-electron chi connectivity index (χ0n) is 19.3. The Hall–Kier alpha value is -3.88. The molecule has 0 radical (unpaired) electrons. The van der Waals surface area contributed by atoms with E-state index in [0.29, 0.717) is 25.7 Å². The highest BCUT2D eigenvalue weighted by Crippen LogP contribution is 2.44. The van der Waals surface area contributed by atoms with Gasteiger partial charge in [0.15, 0.2) is 0 Å². The van der Waals surface area contributed by atoms with Gasteiger partial charge in [0.1, 0.15) is 13.2 Å². The van der Waals surface area contributed by atoms with Gasteiger partial charge in [0.2, 0.25) is 11.8 Å². The van der Waals surface area contributed by atoms with E-state index in [4.69, 9.17) is 9.84 Å². The number of alkyl carbamates (subject to hydrolysis) is 1. The molecule has 1 fully saturated rings. The van der Waals surface area contributed by atoms with Gasteiger partial charge in [-0.05, 0) is 47.9 Å². The molecule has 0 atom stereocenters. The number of hydrogen-bond acceptors (Lipinski definition) is 5. The monoisotopic (exact) mass is 479 g/mol. The summed E-state index contributed by atoms with van der Waals surface area (Å²) in [4.78, 5) is 46.8. The molecule has 3 amide bonds. The molecule has 0 heterocycles. The molecule has 2 aliphatic rings. The van der Waals surface area contributed by atoms with E-state index in [-0.39, 0.29) is 36.9 Å². The van der Waals surface area contributed by atoms with Crippen LogP contribution in [0.2, 0.25) is 0 Å². The van der Waals surface area contributed by atoms with Crippen LogP contribution in [0.25, 0.3) is 11.1 Å². The van der Waals surface area contributed by atoms with Crippen molar-refractivity contribution in [2.45, 2.75) is 37.6 Å². The molecule has 35 heavy (non-hydrogen) atoms. The molecule has 0 aromatic heterocycles. The summed E-state index contributed by atoms with van der Waals surface area (Å²) in [5.74, 6) is -2.18. The number of carboxylic acid groups (broad SMARTS) is 1. The maximum absolute atomic E-state index is 12.5. The molecular weight excluding hydrogens is 450 g/mol. The van der Waals surface area contributed by atoms with Crippen LogP contribution in [0.3, 0.4) is 0 Å². The molecule has 9 nitrogen and oxygen atoms in total. The Morgan fingerprint density at radius 1 is 0.829 bits per heavy atom. The van der Waals surface area contributed by atoms with Gasteiger partial charge < -0.3 is 25.8 Å². The number of carbonyl (C=O) groups is 4. The molecule has 9 heteroatoms. The van der Waals surface area contributed by atoms with Crippen molar-refractivity contribution in [1.29, 1.82) is 0 Å². The van der Waals surface area contributed by atoms with Crippen LogP contribution in [0.15, 0.2) is 48.5 Å². The van der Waals surface area contributed by atoms with Crippen molar-refractivity contribution in [3.05, 3.63) is 59.7 Å². The lowest BCUT2D eigenvalue weighted by atomic mass is 9.85. The van der Waals surface area contributed by atoms with Gasteiger partial charge in [0.25, 0.3) is 0 Å². The molecule has 2 aliphatic carbocycles. The van der Waals surface area contributed by atoms with Crippen molar-refractivity contribution < 1.29 is 29.0 Å². The zero-order chi connectivity index (χ0) is 24.8. The number of benzene rings is 2. The van der Waals surface area contributed by atoms with E-state index < -0.39 is 24.5 Å². The van der Waals surface area contributed by atoms with Gasteiger partial charge in [-0.1, -0.05) is 48.5 Å². The van der Waals surface area contributed by atoms with E-state index in [9.17, 15) is 19.2 Å². The molecule has 4 rings (SSSR count). The minimum Gasteiger partial charge on any atom is -0.480 e. The average Bonchev–Trinajstić information content (AvgIpc) is 3.19. The minimum atomic E-state index is -1.15. The topological polar surface area (TPSA) is 134 Å². The molecule has 0 saturated heterocycles. The number of fused-ring (bicyclic) bond motifs is 3. The summed E-state index contributed by atoms with van der Waals surface area (Å²) in [5, 5.41) is 16.2. The summed E-state index contributed by atoms with van der Waals surface area (Å²) >= 11 is 0. The number of ether oxygens (including phenoxy) is 1. The average molecular weight is 480 g/mol. The standard InChI is InChI=1S/C26H29N3O6/c30-23(27-14-24(31)32)13-28-25(33)16-9-11-17(12-10-16)29-26(34)35-15-22-20-7-3-1-5-18(20)19-6-2-4-8-21(19)22/h1-8,16-17,22H,9-15H2,(H,27,30)(H,28,33)(H,29,34)(H,31,32). The van der Waals surface area contributed by atoms with E-state index in [2.05, 4.69) is 40.2 Å². The van der Waals surface area contributed by atoms with Gasteiger partial charge in [-0.15, -0.1) is 0 Å². The molecule has 0 unspecified atom stereocenters. The van der Waals surface area contributed by atoms with E-state index >= 15 is 0 Å². The maximum atomic E-state index is 12.5. The number of nitrogens with one attached hydrogen (secondary N) is 3. The van der Waals surface area contributed by atoms with Crippen LogP contribution >= 0.6 is 0 Å². The Bertz CT molecular complexity index is 1060. The second-order valence-electron chi connectivity index (χ2n) is 8.91. The normalized spacial score (nSPS) is 18.6. The lowest BCUT2D eigenvalue weighted by Gasteiger charge is -2.28. The number of hydrogen-bond donors (Lipinski definition) is 4. The molecule has 0 aliphatic heterocycles. The molecule has 0 bridgehead atoms. The van der Waals surface area contributed by atoms with E-state index in [1.807, 2.05) is 24.3 Å². The van der Waals surface area contributed by atoms with Gasteiger partial charge >= 0.3 is 12.1 Å². The lowest BCUT2D eigenvalue weighted by Crippen LogP contribution is -2.44. The highest BCUT2D eigenvalue weighted by Gasteiger charge is 2.30. The van der Waals surface area contributed by atoms with Gasteiger partial charge in [-0.2, -0.15) is 0 Å². The Morgan fingerprint density at radius 3 is 2.03 bits per heavy atom. The van der Waals surface area contributed by atoms with Crippen LogP contribution in [0, 0.1) is 5.92 Å². The third-order valence-electron chi connectivity index (χ3n) is 6.62. The van der Waals surface area contributed by atoms with E-state index in [0.717, 1.165) is 11.1 Å². The fourth-order valence-electron chi connectivity index (χ4n) is 4.86. The summed E-state index contributed by atoms with van der Waals surface area (Å²) in [7, 11) is 0. The fraction of sp³-hybridized carbons (Fsp3) is 0.385. The number of amides is 3. The van der Waals surface area contributed by atoms with Crippen LogP contribution < -0.4 is 16.0 Å². The quantitative estimate of drug-likeness (QED) is 0.459. The number of carbonyl (C=O) groups excluding carboxylic acids is 3. The maximum Gasteiger partial charge on any atom is 0.407 e. The first-order chi connectivity index (χ1) is 16.9.